The summed E-state index contributed by atoms with van der Waals surface area (Å²) in [5, 5.41) is 10.3. The highest BCUT2D eigenvalue weighted by molar-refractivity contribution is 5.95. The minimum absolute atomic E-state index is 0.0560. The molecule has 104 valence electrons. The highest BCUT2D eigenvalue weighted by Crippen LogP contribution is 2.31. The first-order chi connectivity index (χ1) is 9.61. The number of nitrogen functional groups attached to an aromatic ring is 1. The molecule has 0 saturated heterocycles. The molecule has 0 spiro atoms. The number of nitrogens with zero attached hydrogens (tertiary/aromatic N) is 2. The van der Waals surface area contributed by atoms with Crippen molar-refractivity contribution in [2.45, 2.75) is 19.4 Å². The molecule has 0 radical (unpaired) electrons. The molecule has 1 aromatic carbocycles. The van der Waals surface area contributed by atoms with Gasteiger partial charge in [0.05, 0.1) is 17.6 Å². The van der Waals surface area contributed by atoms with Crippen LogP contribution in [0.4, 0.5) is 17.1 Å². The van der Waals surface area contributed by atoms with Gasteiger partial charge in [0.25, 0.3) is 0 Å². The zero-order valence-electron chi connectivity index (χ0n) is 11.3. The number of carbonyl (C=O) groups is 1. The maximum Gasteiger partial charge on any atom is 0.224 e. The first kappa shape index (κ1) is 12.5. The van der Waals surface area contributed by atoms with Crippen LogP contribution in [0.2, 0.25) is 0 Å². The molecule has 1 aromatic heterocycles. The predicted octanol–water partition coefficient (Wildman–Crippen LogP) is 1.50. The standard InChI is InChI=1S/C14H17N5O/c1-19-8-9(7-17-19)6-16-13-5-12-10(4-11(13)15)2-3-14(20)18-12/h4-5,7-8,16H,2-3,6,15H2,1H3,(H,18,20). The van der Waals surface area contributed by atoms with Crippen LogP contribution in [0.1, 0.15) is 17.5 Å². The molecule has 0 aliphatic carbocycles. The first-order valence-electron chi connectivity index (χ1n) is 6.55. The Hall–Kier alpha value is -2.50. The molecule has 1 aliphatic rings. The molecule has 0 saturated carbocycles. The van der Waals surface area contributed by atoms with Gasteiger partial charge in [-0.3, -0.25) is 9.48 Å². The Kier molecular flexibility index (Phi) is 3.06. The molecule has 3 rings (SSSR count). The van der Waals surface area contributed by atoms with Gasteiger partial charge in [0, 0.05) is 37.5 Å². The summed E-state index contributed by atoms with van der Waals surface area (Å²) in [5.41, 5.74) is 10.6. The number of rotatable bonds is 3. The van der Waals surface area contributed by atoms with Gasteiger partial charge >= 0.3 is 0 Å². The number of benzene rings is 1. The first-order valence-corrected chi connectivity index (χ1v) is 6.55. The van der Waals surface area contributed by atoms with Crippen molar-refractivity contribution in [2.75, 3.05) is 16.4 Å². The average Bonchev–Trinajstić information content (AvgIpc) is 2.83. The van der Waals surface area contributed by atoms with Crippen LogP contribution in [0.5, 0.6) is 0 Å². The van der Waals surface area contributed by atoms with E-state index in [0.29, 0.717) is 18.7 Å². The van der Waals surface area contributed by atoms with E-state index in [1.54, 1.807) is 4.68 Å². The molecule has 0 bridgehead atoms. The third-order valence-corrected chi connectivity index (χ3v) is 3.41. The van der Waals surface area contributed by atoms with Crippen LogP contribution in [0.3, 0.4) is 0 Å². The van der Waals surface area contributed by atoms with Gasteiger partial charge in [0.15, 0.2) is 0 Å². The van der Waals surface area contributed by atoms with Crippen molar-refractivity contribution in [1.29, 1.82) is 0 Å². The summed E-state index contributed by atoms with van der Waals surface area (Å²) in [6.45, 7) is 0.644. The third kappa shape index (κ3) is 2.45. The number of aromatic nitrogens is 2. The largest absolute Gasteiger partial charge is 0.397 e. The molecule has 6 heteroatoms. The predicted molar refractivity (Wildman–Crippen MR) is 78.3 cm³/mol. The lowest BCUT2D eigenvalue weighted by Crippen LogP contribution is -2.19. The molecule has 20 heavy (non-hydrogen) atoms. The molecule has 1 aliphatic heterocycles. The Bertz CT molecular complexity index is 662. The average molecular weight is 271 g/mol. The summed E-state index contributed by atoms with van der Waals surface area (Å²) in [7, 11) is 1.88. The molecule has 0 unspecified atom stereocenters. The van der Waals surface area contributed by atoms with E-state index in [0.717, 1.165) is 28.9 Å². The minimum Gasteiger partial charge on any atom is -0.397 e. The van der Waals surface area contributed by atoms with E-state index in [-0.39, 0.29) is 5.91 Å². The lowest BCUT2D eigenvalue weighted by atomic mass is 10.0. The van der Waals surface area contributed by atoms with Crippen molar-refractivity contribution in [2.24, 2.45) is 7.05 Å². The summed E-state index contributed by atoms with van der Waals surface area (Å²) < 4.78 is 1.76. The Morgan fingerprint density at radius 1 is 1.45 bits per heavy atom. The van der Waals surface area contributed by atoms with E-state index in [4.69, 9.17) is 5.73 Å². The van der Waals surface area contributed by atoms with Crippen LogP contribution in [0.15, 0.2) is 24.5 Å². The number of hydrogen-bond acceptors (Lipinski definition) is 4. The molecular formula is C14H17N5O. The van der Waals surface area contributed by atoms with Gasteiger partial charge in [0.1, 0.15) is 0 Å². The summed E-state index contributed by atoms with van der Waals surface area (Å²) >= 11 is 0. The normalized spacial score (nSPS) is 13.8. The number of hydrogen-bond donors (Lipinski definition) is 3. The van der Waals surface area contributed by atoms with Gasteiger partial charge in [-0.2, -0.15) is 5.10 Å². The van der Waals surface area contributed by atoms with Crippen LogP contribution in [0, 0.1) is 0 Å². The van der Waals surface area contributed by atoms with Gasteiger partial charge in [-0.05, 0) is 24.1 Å². The number of nitrogens with two attached hydrogens (primary N) is 1. The summed E-state index contributed by atoms with van der Waals surface area (Å²) in [4.78, 5) is 11.4. The zero-order valence-corrected chi connectivity index (χ0v) is 11.3. The summed E-state index contributed by atoms with van der Waals surface area (Å²) in [5.74, 6) is 0.0560. The second kappa shape index (κ2) is 4.88. The van der Waals surface area contributed by atoms with E-state index in [1.165, 1.54) is 0 Å². The topological polar surface area (TPSA) is 85.0 Å². The van der Waals surface area contributed by atoms with Gasteiger partial charge in [-0.1, -0.05) is 0 Å². The number of anilines is 3. The van der Waals surface area contributed by atoms with E-state index in [2.05, 4.69) is 15.7 Å². The van der Waals surface area contributed by atoms with E-state index in [9.17, 15) is 4.79 Å². The highest BCUT2D eigenvalue weighted by atomic mass is 16.1. The number of amides is 1. The summed E-state index contributed by atoms with van der Waals surface area (Å²) in [6.07, 6.45) is 5.02. The lowest BCUT2D eigenvalue weighted by Gasteiger charge is -2.19. The SMILES string of the molecule is Cn1cc(CNc2cc3c(cc2N)CCC(=O)N3)cn1. The highest BCUT2D eigenvalue weighted by Gasteiger charge is 2.16. The molecule has 6 nitrogen and oxygen atoms in total. The molecule has 2 aromatic rings. The van der Waals surface area contributed by atoms with Crippen LogP contribution < -0.4 is 16.4 Å². The lowest BCUT2D eigenvalue weighted by molar-refractivity contribution is -0.116. The Morgan fingerprint density at radius 3 is 3.05 bits per heavy atom. The van der Waals surface area contributed by atoms with E-state index in [1.807, 2.05) is 31.6 Å². The molecule has 0 atom stereocenters. The van der Waals surface area contributed by atoms with Crippen molar-refractivity contribution >= 4 is 23.0 Å². The molecule has 0 fully saturated rings. The van der Waals surface area contributed by atoms with Crippen molar-refractivity contribution in [3.63, 3.8) is 0 Å². The summed E-state index contributed by atoms with van der Waals surface area (Å²) in [6, 6.07) is 3.83. The monoisotopic (exact) mass is 271 g/mol. The number of carbonyl (C=O) groups excluding carboxylic acids is 1. The molecule has 2 heterocycles. The zero-order chi connectivity index (χ0) is 14.1. The minimum atomic E-state index is 0.0560. The van der Waals surface area contributed by atoms with E-state index >= 15 is 0 Å². The second-order valence-corrected chi connectivity index (χ2v) is 5.02. The maximum absolute atomic E-state index is 11.4. The fourth-order valence-corrected chi connectivity index (χ4v) is 2.36. The van der Waals surface area contributed by atoms with Gasteiger partial charge in [0.2, 0.25) is 5.91 Å². The third-order valence-electron chi connectivity index (χ3n) is 3.41. The van der Waals surface area contributed by atoms with Gasteiger partial charge in [-0.15, -0.1) is 0 Å². The Labute approximate surface area is 117 Å². The Morgan fingerprint density at radius 2 is 2.30 bits per heavy atom. The maximum atomic E-state index is 11.4. The van der Waals surface area contributed by atoms with Crippen LogP contribution in [-0.4, -0.2) is 15.7 Å². The quantitative estimate of drug-likeness (QED) is 0.738. The van der Waals surface area contributed by atoms with Crippen molar-refractivity contribution in [3.05, 3.63) is 35.7 Å². The molecule has 4 N–H and O–H groups in total. The molecular weight excluding hydrogens is 254 g/mol. The van der Waals surface area contributed by atoms with Crippen molar-refractivity contribution in [1.82, 2.24) is 9.78 Å². The van der Waals surface area contributed by atoms with Crippen LogP contribution in [-0.2, 0) is 24.8 Å². The number of aryl methyl sites for hydroxylation is 2. The molecule has 1 amide bonds. The van der Waals surface area contributed by atoms with Crippen LogP contribution in [0.25, 0.3) is 0 Å². The van der Waals surface area contributed by atoms with Crippen molar-refractivity contribution < 1.29 is 4.79 Å². The van der Waals surface area contributed by atoms with Crippen LogP contribution >= 0.6 is 0 Å². The fraction of sp³-hybridized carbons (Fsp3) is 0.286. The fourth-order valence-electron chi connectivity index (χ4n) is 2.36. The number of nitrogens with one attached hydrogen (secondary N) is 2. The second-order valence-electron chi connectivity index (χ2n) is 5.02. The van der Waals surface area contributed by atoms with E-state index < -0.39 is 0 Å². The van der Waals surface area contributed by atoms with Gasteiger partial charge < -0.3 is 16.4 Å². The van der Waals surface area contributed by atoms with Gasteiger partial charge in [-0.25, -0.2) is 0 Å². The Balaban J connectivity index is 1.79. The van der Waals surface area contributed by atoms with Crippen molar-refractivity contribution in [3.8, 4) is 0 Å². The smallest absolute Gasteiger partial charge is 0.224 e. The number of fused-ring (bicyclic) bond motifs is 1.